The Labute approximate surface area is 139 Å². The summed E-state index contributed by atoms with van der Waals surface area (Å²) in [5.74, 6) is 0.101. The fourth-order valence-electron chi connectivity index (χ4n) is 3.17. The molecule has 0 saturated heterocycles. The van der Waals surface area contributed by atoms with Crippen LogP contribution in [0.1, 0.15) is 27.2 Å². The maximum absolute atomic E-state index is 13.1. The molecule has 114 valence electrons. The number of rotatable bonds is 2. The van der Waals surface area contributed by atoms with Gasteiger partial charge in [0.1, 0.15) is 11.7 Å². The molecule has 2 aromatic rings. The Morgan fingerprint density at radius 3 is 2.46 bits per heavy atom. The molecule has 2 aliphatic carbocycles. The summed E-state index contributed by atoms with van der Waals surface area (Å²) in [6, 6.07) is 20.9. The van der Waals surface area contributed by atoms with Gasteiger partial charge in [-0.15, -0.1) is 0 Å². The number of fused-ring (bicyclic) bond motifs is 2. The first-order valence-electron chi connectivity index (χ1n) is 7.65. The van der Waals surface area contributed by atoms with Gasteiger partial charge in [-0.3, -0.25) is 4.79 Å². The molecule has 0 aliphatic heterocycles. The molecule has 0 atom stereocenters. The predicted molar refractivity (Wildman–Crippen MR) is 92.2 cm³/mol. The maximum Gasteiger partial charge on any atom is 0.229 e. The van der Waals surface area contributed by atoms with E-state index < -0.39 is 0 Å². The van der Waals surface area contributed by atoms with Crippen molar-refractivity contribution in [1.82, 2.24) is 0 Å². The standard InChI is InChI=1S/C21H13NO2/c1-13-17(12-22)15-8-3-2-4-9-16(15)20(13)21(23)19-11-14-7-5-6-10-18(14)24-19/h2-11H,1H3. The van der Waals surface area contributed by atoms with E-state index >= 15 is 0 Å². The maximum atomic E-state index is 13.1. The molecule has 3 heteroatoms. The zero-order chi connectivity index (χ0) is 16.7. The number of ketones is 1. The fourth-order valence-corrected chi connectivity index (χ4v) is 3.17. The third kappa shape index (κ3) is 2.01. The van der Waals surface area contributed by atoms with Gasteiger partial charge < -0.3 is 4.42 Å². The van der Waals surface area contributed by atoms with Crippen molar-refractivity contribution in [2.75, 3.05) is 0 Å². The van der Waals surface area contributed by atoms with Crippen LogP contribution in [0.25, 0.3) is 22.1 Å². The quantitative estimate of drug-likeness (QED) is 0.492. The van der Waals surface area contributed by atoms with Gasteiger partial charge in [-0.05, 0) is 30.2 Å². The van der Waals surface area contributed by atoms with Gasteiger partial charge in [-0.1, -0.05) is 48.5 Å². The van der Waals surface area contributed by atoms with Crippen LogP contribution in [0, 0.1) is 18.3 Å². The first kappa shape index (κ1) is 14.2. The number of furan rings is 1. The third-order valence-corrected chi connectivity index (χ3v) is 4.32. The molecule has 0 fully saturated rings. The molecule has 2 aliphatic rings. The van der Waals surface area contributed by atoms with E-state index in [0.29, 0.717) is 28.0 Å². The van der Waals surface area contributed by atoms with Gasteiger partial charge in [-0.25, -0.2) is 0 Å². The molecule has 0 bridgehead atoms. The molecule has 24 heavy (non-hydrogen) atoms. The lowest BCUT2D eigenvalue weighted by Gasteiger charge is -2.00. The van der Waals surface area contributed by atoms with Gasteiger partial charge in [0.2, 0.25) is 5.78 Å². The number of benzene rings is 1. The second kappa shape index (κ2) is 5.36. The molecule has 1 aromatic carbocycles. The van der Waals surface area contributed by atoms with Gasteiger partial charge in [0, 0.05) is 16.5 Å². The van der Waals surface area contributed by atoms with Crippen molar-refractivity contribution < 1.29 is 9.21 Å². The van der Waals surface area contributed by atoms with Gasteiger partial charge in [-0.2, -0.15) is 5.26 Å². The van der Waals surface area contributed by atoms with E-state index in [1.165, 1.54) is 0 Å². The Balaban J connectivity index is 1.95. The molecule has 0 spiro atoms. The van der Waals surface area contributed by atoms with Crippen molar-refractivity contribution in [3.05, 3.63) is 83.1 Å². The van der Waals surface area contributed by atoms with Crippen LogP contribution < -0.4 is 0 Å². The van der Waals surface area contributed by atoms with Crippen LogP contribution in [0.15, 0.2) is 65.1 Å². The van der Waals surface area contributed by atoms with Crippen LogP contribution >= 0.6 is 0 Å². The molecular formula is C21H13NO2. The number of hydrogen-bond acceptors (Lipinski definition) is 3. The van der Waals surface area contributed by atoms with Gasteiger partial charge >= 0.3 is 0 Å². The average molecular weight is 311 g/mol. The second-order valence-corrected chi connectivity index (χ2v) is 5.70. The van der Waals surface area contributed by atoms with Crippen molar-refractivity contribution in [2.24, 2.45) is 0 Å². The number of carbonyl (C=O) groups is 1. The number of nitrogens with zero attached hydrogens (tertiary/aromatic N) is 1. The highest BCUT2D eigenvalue weighted by Gasteiger charge is 2.27. The Bertz CT molecular complexity index is 1070. The van der Waals surface area contributed by atoms with Gasteiger partial charge in [0.15, 0.2) is 5.76 Å². The summed E-state index contributed by atoms with van der Waals surface area (Å²) < 4.78 is 5.72. The average Bonchev–Trinajstić information content (AvgIpc) is 3.04. The van der Waals surface area contributed by atoms with Crippen LogP contribution in [-0.4, -0.2) is 5.78 Å². The summed E-state index contributed by atoms with van der Waals surface area (Å²) in [5, 5.41) is 10.4. The largest absolute Gasteiger partial charge is 0.453 e. The molecule has 4 rings (SSSR count). The molecule has 0 N–H and O–H groups in total. The van der Waals surface area contributed by atoms with E-state index in [1.54, 1.807) is 6.07 Å². The first-order valence-corrected chi connectivity index (χ1v) is 7.65. The van der Waals surface area contributed by atoms with E-state index in [-0.39, 0.29) is 5.78 Å². The lowest BCUT2D eigenvalue weighted by atomic mass is 10.0. The molecule has 1 aromatic heterocycles. The van der Waals surface area contributed by atoms with E-state index in [1.807, 2.05) is 61.5 Å². The molecule has 0 saturated carbocycles. The first-order chi connectivity index (χ1) is 11.7. The summed E-state index contributed by atoms with van der Waals surface area (Å²) in [7, 11) is 0. The highest BCUT2D eigenvalue weighted by Crippen LogP contribution is 2.37. The fraction of sp³-hybridized carbons (Fsp3) is 0.0476. The van der Waals surface area contributed by atoms with Crippen molar-refractivity contribution in [2.45, 2.75) is 6.92 Å². The minimum atomic E-state index is -0.193. The zero-order valence-electron chi connectivity index (χ0n) is 13.0. The summed E-state index contributed by atoms with van der Waals surface area (Å²) >= 11 is 0. The highest BCUT2D eigenvalue weighted by molar-refractivity contribution is 6.15. The smallest absolute Gasteiger partial charge is 0.229 e. The van der Waals surface area contributed by atoms with Crippen molar-refractivity contribution >= 4 is 16.8 Å². The third-order valence-electron chi connectivity index (χ3n) is 4.32. The summed E-state index contributed by atoms with van der Waals surface area (Å²) in [6.07, 6.45) is 0. The molecule has 0 unspecified atom stereocenters. The van der Waals surface area contributed by atoms with E-state index in [0.717, 1.165) is 16.5 Å². The van der Waals surface area contributed by atoms with Crippen LogP contribution in [0.3, 0.4) is 0 Å². The lowest BCUT2D eigenvalue weighted by molar-refractivity contribution is 0.101. The molecule has 1 heterocycles. The predicted octanol–water partition coefficient (Wildman–Crippen LogP) is 4.95. The normalized spacial score (nSPS) is 10.8. The van der Waals surface area contributed by atoms with Crippen LogP contribution in [0.2, 0.25) is 0 Å². The van der Waals surface area contributed by atoms with Crippen molar-refractivity contribution in [1.29, 1.82) is 5.26 Å². The van der Waals surface area contributed by atoms with E-state index in [4.69, 9.17) is 4.42 Å². The van der Waals surface area contributed by atoms with E-state index in [2.05, 4.69) is 6.07 Å². The molecule has 0 amide bonds. The van der Waals surface area contributed by atoms with E-state index in [9.17, 15) is 10.1 Å². The molecular weight excluding hydrogens is 298 g/mol. The van der Waals surface area contributed by atoms with Crippen LogP contribution in [0.5, 0.6) is 0 Å². The van der Waals surface area contributed by atoms with Crippen molar-refractivity contribution in [3.8, 4) is 17.2 Å². The summed E-state index contributed by atoms with van der Waals surface area (Å²) in [6.45, 7) is 1.81. The number of hydrogen-bond donors (Lipinski definition) is 0. The van der Waals surface area contributed by atoms with Gasteiger partial charge in [0.05, 0.1) is 5.56 Å². The Hall–Kier alpha value is -3.38. The van der Waals surface area contributed by atoms with Crippen LogP contribution in [-0.2, 0) is 0 Å². The monoisotopic (exact) mass is 311 g/mol. The minimum absolute atomic E-state index is 0.193. The van der Waals surface area contributed by atoms with Gasteiger partial charge in [0.25, 0.3) is 0 Å². The molecule has 3 nitrogen and oxygen atoms in total. The topological polar surface area (TPSA) is 54.0 Å². The highest BCUT2D eigenvalue weighted by atomic mass is 16.3. The minimum Gasteiger partial charge on any atom is -0.453 e. The zero-order valence-corrected chi connectivity index (χ0v) is 13.0. The van der Waals surface area contributed by atoms with Crippen LogP contribution in [0.4, 0.5) is 0 Å². The SMILES string of the molecule is Cc1c(C#N)c2cccccc-2c1C(=O)c1cc2ccccc2o1. The van der Waals surface area contributed by atoms with Crippen molar-refractivity contribution in [3.63, 3.8) is 0 Å². The number of carbonyl (C=O) groups excluding carboxylic acids is 1. The number of nitriles is 1. The lowest BCUT2D eigenvalue weighted by Crippen LogP contribution is -2.01. The Kier molecular flexibility index (Phi) is 3.18. The number of para-hydroxylation sites is 1. The summed E-state index contributed by atoms with van der Waals surface area (Å²) in [5.41, 5.74) is 4.03. The Morgan fingerprint density at radius 1 is 1.00 bits per heavy atom. The summed E-state index contributed by atoms with van der Waals surface area (Å²) in [4.78, 5) is 13.1. The second-order valence-electron chi connectivity index (χ2n) is 5.70. The Morgan fingerprint density at radius 2 is 1.71 bits per heavy atom. The molecule has 0 radical (unpaired) electrons.